The average Bonchev–Trinajstić information content (AvgIpc) is 2.38. The molecule has 1 aromatic carbocycles. The molecule has 0 radical (unpaired) electrons. The van der Waals surface area contributed by atoms with Gasteiger partial charge >= 0.3 is 5.97 Å². The van der Waals surface area contributed by atoms with E-state index in [1.807, 2.05) is 0 Å². The van der Waals surface area contributed by atoms with E-state index in [-0.39, 0.29) is 24.4 Å². The molecule has 1 N–H and O–H groups in total. The predicted molar refractivity (Wildman–Crippen MR) is 65.7 cm³/mol. The van der Waals surface area contributed by atoms with Gasteiger partial charge in [0.15, 0.2) is 0 Å². The van der Waals surface area contributed by atoms with Crippen LogP contribution in [0.2, 0.25) is 0 Å². The minimum atomic E-state index is -1.07. The van der Waals surface area contributed by atoms with Crippen LogP contribution in [0.15, 0.2) is 18.2 Å². The van der Waals surface area contributed by atoms with Gasteiger partial charge in [-0.25, -0.2) is 4.39 Å². The van der Waals surface area contributed by atoms with Crippen LogP contribution in [0.3, 0.4) is 0 Å². The molecular formula is C12H13FN2O5. The Balaban J connectivity index is 2.25. The summed E-state index contributed by atoms with van der Waals surface area (Å²) in [4.78, 5) is 23.0. The van der Waals surface area contributed by atoms with Gasteiger partial charge in [-0.05, 0) is 12.1 Å². The summed E-state index contributed by atoms with van der Waals surface area (Å²) in [5.41, 5.74) is -0.0646. The standard InChI is InChI=1S/C12H13FN2O5/c13-9-1-2-10(15(18)19)8(5-9)6-14-3-4-20-7-11(14)12(16)17/h1-2,5,11H,3-4,6-7H2,(H,16,17). The summed E-state index contributed by atoms with van der Waals surface area (Å²) in [5, 5.41) is 20.0. The molecular weight excluding hydrogens is 271 g/mol. The van der Waals surface area contributed by atoms with Gasteiger partial charge in [0.1, 0.15) is 11.9 Å². The molecule has 1 heterocycles. The number of carboxylic acid groups (broad SMARTS) is 1. The van der Waals surface area contributed by atoms with Crippen molar-refractivity contribution in [3.8, 4) is 0 Å². The molecule has 7 nitrogen and oxygen atoms in total. The highest BCUT2D eigenvalue weighted by molar-refractivity contribution is 5.73. The second kappa shape index (κ2) is 5.93. The molecule has 0 amide bonds. The Kier molecular flexibility index (Phi) is 4.26. The smallest absolute Gasteiger partial charge is 0.323 e. The molecule has 20 heavy (non-hydrogen) atoms. The fourth-order valence-electron chi connectivity index (χ4n) is 2.13. The van der Waals surface area contributed by atoms with Gasteiger partial charge in [0, 0.05) is 24.7 Å². The molecule has 1 aliphatic rings. The molecule has 0 saturated carbocycles. The number of nitro groups is 1. The molecule has 2 rings (SSSR count). The first-order valence-corrected chi connectivity index (χ1v) is 5.96. The minimum absolute atomic E-state index is 0.00556. The average molecular weight is 284 g/mol. The van der Waals surface area contributed by atoms with E-state index >= 15 is 0 Å². The molecule has 0 spiro atoms. The minimum Gasteiger partial charge on any atom is -0.480 e. The molecule has 1 fully saturated rings. The van der Waals surface area contributed by atoms with Crippen LogP contribution in [0.25, 0.3) is 0 Å². The summed E-state index contributed by atoms with van der Waals surface area (Å²) >= 11 is 0. The Morgan fingerprint density at radius 2 is 2.35 bits per heavy atom. The molecule has 0 aliphatic carbocycles. The first kappa shape index (κ1) is 14.4. The first-order chi connectivity index (χ1) is 9.49. The molecule has 1 aliphatic heterocycles. The fourth-order valence-corrected chi connectivity index (χ4v) is 2.13. The van der Waals surface area contributed by atoms with Crippen molar-refractivity contribution in [2.45, 2.75) is 12.6 Å². The number of rotatable bonds is 4. The second-order valence-corrected chi connectivity index (χ2v) is 4.43. The van der Waals surface area contributed by atoms with Crippen LogP contribution in [-0.2, 0) is 16.1 Å². The Hall–Kier alpha value is -2.06. The molecule has 0 aromatic heterocycles. The fraction of sp³-hybridized carbons (Fsp3) is 0.417. The van der Waals surface area contributed by atoms with Gasteiger partial charge in [-0.2, -0.15) is 0 Å². The highest BCUT2D eigenvalue weighted by atomic mass is 19.1. The van der Waals surface area contributed by atoms with Crippen LogP contribution in [0, 0.1) is 15.9 Å². The predicted octanol–water partition coefficient (Wildman–Crippen LogP) is 1.02. The molecule has 1 saturated heterocycles. The zero-order valence-corrected chi connectivity index (χ0v) is 10.5. The highest BCUT2D eigenvalue weighted by Crippen LogP contribution is 2.23. The van der Waals surface area contributed by atoms with Crippen molar-refractivity contribution in [2.75, 3.05) is 19.8 Å². The molecule has 1 atom stereocenters. The highest BCUT2D eigenvalue weighted by Gasteiger charge is 2.30. The van der Waals surface area contributed by atoms with Crippen molar-refractivity contribution >= 4 is 11.7 Å². The van der Waals surface area contributed by atoms with E-state index < -0.39 is 22.8 Å². The summed E-state index contributed by atoms with van der Waals surface area (Å²) in [6.45, 7) is 0.671. The van der Waals surface area contributed by atoms with Crippen molar-refractivity contribution in [2.24, 2.45) is 0 Å². The van der Waals surface area contributed by atoms with Crippen molar-refractivity contribution in [1.29, 1.82) is 0 Å². The van der Waals surface area contributed by atoms with Gasteiger partial charge in [0.2, 0.25) is 0 Å². The number of morpholine rings is 1. The van der Waals surface area contributed by atoms with Crippen LogP contribution in [-0.4, -0.2) is 46.7 Å². The lowest BCUT2D eigenvalue weighted by Gasteiger charge is -2.32. The van der Waals surface area contributed by atoms with Crippen LogP contribution < -0.4 is 0 Å². The third kappa shape index (κ3) is 3.09. The molecule has 1 aromatic rings. The Morgan fingerprint density at radius 3 is 3.00 bits per heavy atom. The third-order valence-corrected chi connectivity index (χ3v) is 3.14. The van der Waals surface area contributed by atoms with Crippen LogP contribution in [0.1, 0.15) is 5.56 Å². The maximum atomic E-state index is 13.2. The zero-order chi connectivity index (χ0) is 14.7. The van der Waals surface area contributed by atoms with E-state index in [2.05, 4.69) is 0 Å². The number of benzene rings is 1. The van der Waals surface area contributed by atoms with Crippen molar-refractivity contribution in [3.05, 3.63) is 39.7 Å². The Bertz CT molecular complexity index is 537. The van der Waals surface area contributed by atoms with E-state index in [9.17, 15) is 19.3 Å². The van der Waals surface area contributed by atoms with Crippen molar-refractivity contribution in [1.82, 2.24) is 4.90 Å². The van der Waals surface area contributed by atoms with Crippen molar-refractivity contribution in [3.63, 3.8) is 0 Å². The van der Waals surface area contributed by atoms with Gasteiger partial charge in [0.25, 0.3) is 5.69 Å². The maximum absolute atomic E-state index is 13.2. The number of nitrogens with zero attached hydrogens (tertiary/aromatic N) is 2. The number of nitro benzene ring substituents is 1. The lowest BCUT2D eigenvalue weighted by molar-refractivity contribution is -0.385. The summed E-state index contributed by atoms with van der Waals surface area (Å²) < 4.78 is 18.3. The third-order valence-electron chi connectivity index (χ3n) is 3.14. The molecule has 8 heteroatoms. The van der Waals surface area contributed by atoms with Gasteiger partial charge < -0.3 is 9.84 Å². The van der Waals surface area contributed by atoms with Crippen LogP contribution in [0.5, 0.6) is 0 Å². The maximum Gasteiger partial charge on any atom is 0.323 e. The number of carboxylic acids is 1. The number of aliphatic carboxylic acids is 1. The molecule has 1 unspecified atom stereocenters. The quantitative estimate of drug-likeness (QED) is 0.655. The zero-order valence-electron chi connectivity index (χ0n) is 10.5. The SMILES string of the molecule is O=C(O)C1COCCN1Cc1cc(F)ccc1[N+](=O)[O-]. The van der Waals surface area contributed by atoms with E-state index in [1.165, 1.54) is 4.90 Å². The molecule has 108 valence electrons. The van der Waals surface area contributed by atoms with Gasteiger partial charge in [0.05, 0.1) is 18.1 Å². The van der Waals surface area contributed by atoms with E-state index in [1.54, 1.807) is 0 Å². The Labute approximate surface area is 113 Å². The van der Waals surface area contributed by atoms with Gasteiger partial charge in [-0.3, -0.25) is 19.8 Å². The normalized spacial score (nSPS) is 19.8. The summed E-state index contributed by atoms with van der Waals surface area (Å²) in [6.07, 6.45) is 0. The summed E-state index contributed by atoms with van der Waals surface area (Å²) in [5.74, 6) is -1.66. The van der Waals surface area contributed by atoms with Crippen molar-refractivity contribution < 1.29 is 24.0 Å². The first-order valence-electron chi connectivity index (χ1n) is 5.96. The van der Waals surface area contributed by atoms with E-state index in [0.29, 0.717) is 13.2 Å². The topological polar surface area (TPSA) is 92.9 Å². The summed E-state index contributed by atoms with van der Waals surface area (Å²) in [7, 11) is 0. The number of carbonyl (C=O) groups is 1. The number of halogens is 1. The number of ether oxygens (including phenoxy) is 1. The monoisotopic (exact) mass is 284 g/mol. The lowest BCUT2D eigenvalue weighted by Crippen LogP contribution is -2.49. The number of hydrogen-bond donors (Lipinski definition) is 1. The summed E-state index contributed by atoms with van der Waals surface area (Å²) in [6, 6.07) is 2.27. The number of hydrogen-bond acceptors (Lipinski definition) is 5. The van der Waals surface area contributed by atoms with Gasteiger partial charge in [-0.1, -0.05) is 0 Å². The van der Waals surface area contributed by atoms with Gasteiger partial charge in [-0.15, -0.1) is 0 Å². The largest absolute Gasteiger partial charge is 0.480 e. The Morgan fingerprint density at radius 1 is 1.60 bits per heavy atom. The lowest BCUT2D eigenvalue weighted by atomic mass is 10.1. The van der Waals surface area contributed by atoms with Crippen LogP contribution >= 0.6 is 0 Å². The molecule has 0 bridgehead atoms. The van der Waals surface area contributed by atoms with E-state index in [0.717, 1.165) is 18.2 Å². The second-order valence-electron chi connectivity index (χ2n) is 4.43. The van der Waals surface area contributed by atoms with E-state index in [4.69, 9.17) is 9.84 Å². The van der Waals surface area contributed by atoms with Crippen LogP contribution in [0.4, 0.5) is 10.1 Å².